The zero-order valence-electron chi connectivity index (χ0n) is 11.2. The molecule has 0 saturated carbocycles. The van der Waals surface area contributed by atoms with Crippen LogP contribution in [0, 0.1) is 5.92 Å². The fourth-order valence-corrected chi connectivity index (χ4v) is 2.20. The first-order valence-electron chi connectivity index (χ1n) is 6.35. The molecule has 2 rings (SSSR count). The second kappa shape index (κ2) is 5.30. The maximum absolute atomic E-state index is 11.5. The van der Waals surface area contributed by atoms with Gasteiger partial charge in [-0.1, -0.05) is 19.1 Å². The summed E-state index contributed by atoms with van der Waals surface area (Å²) < 4.78 is 0. The molecule has 1 fully saturated rings. The van der Waals surface area contributed by atoms with Crippen molar-refractivity contribution in [2.24, 2.45) is 5.92 Å². The number of benzene rings is 1. The summed E-state index contributed by atoms with van der Waals surface area (Å²) in [5.74, 6) is -1.06. The average molecular weight is 262 g/mol. The van der Waals surface area contributed by atoms with E-state index in [1.54, 1.807) is 19.0 Å². The summed E-state index contributed by atoms with van der Waals surface area (Å²) in [6.45, 7) is 2.39. The lowest BCUT2D eigenvalue weighted by molar-refractivity contribution is -0.141. The Kier molecular flexibility index (Phi) is 3.74. The van der Waals surface area contributed by atoms with Crippen LogP contribution in [-0.2, 0) is 16.0 Å². The molecule has 19 heavy (non-hydrogen) atoms. The summed E-state index contributed by atoms with van der Waals surface area (Å²) >= 11 is 0. The van der Waals surface area contributed by atoms with Gasteiger partial charge in [-0.05, 0) is 24.1 Å². The minimum atomic E-state index is -0.783. The highest BCUT2D eigenvalue weighted by Crippen LogP contribution is 2.22. The molecule has 5 nitrogen and oxygen atoms in total. The minimum absolute atomic E-state index is 0.114. The quantitative estimate of drug-likeness (QED) is 0.894. The number of hydrogen-bond donors (Lipinski definition) is 1. The lowest BCUT2D eigenvalue weighted by Gasteiger charge is -2.26. The van der Waals surface area contributed by atoms with Crippen LogP contribution in [0.4, 0.5) is 5.69 Å². The maximum atomic E-state index is 11.5. The van der Waals surface area contributed by atoms with Gasteiger partial charge in [0, 0.05) is 20.0 Å². The molecule has 1 aromatic carbocycles. The van der Waals surface area contributed by atoms with E-state index in [4.69, 9.17) is 5.11 Å². The van der Waals surface area contributed by atoms with Gasteiger partial charge in [-0.25, -0.2) is 0 Å². The van der Waals surface area contributed by atoms with Crippen LogP contribution in [0.15, 0.2) is 24.3 Å². The lowest BCUT2D eigenvalue weighted by atomic mass is 10.0. The molecule has 1 saturated heterocycles. The molecule has 0 aromatic heterocycles. The van der Waals surface area contributed by atoms with Crippen molar-refractivity contribution in [1.82, 2.24) is 5.01 Å². The molecule has 0 radical (unpaired) electrons. The van der Waals surface area contributed by atoms with Crippen LogP contribution in [0.2, 0.25) is 0 Å². The van der Waals surface area contributed by atoms with Gasteiger partial charge in [0.1, 0.15) is 0 Å². The molecule has 1 N–H and O–H groups in total. The molecule has 1 atom stereocenters. The van der Waals surface area contributed by atoms with Crippen molar-refractivity contribution in [2.75, 3.05) is 18.6 Å². The summed E-state index contributed by atoms with van der Waals surface area (Å²) in [5, 5.41) is 12.4. The lowest BCUT2D eigenvalue weighted by Crippen LogP contribution is -2.35. The Morgan fingerprint density at radius 3 is 2.47 bits per heavy atom. The Morgan fingerprint density at radius 1 is 1.37 bits per heavy atom. The molecular weight excluding hydrogens is 244 g/mol. The van der Waals surface area contributed by atoms with E-state index >= 15 is 0 Å². The van der Waals surface area contributed by atoms with Crippen molar-refractivity contribution >= 4 is 17.6 Å². The normalized spacial score (nSPS) is 16.8. The van der Waals surface area contributed by atoms with E-state index in [1.165, 1.54) is 0 Å². The minimum Gasteiger partial charge on any atom is -0.481 e. The fourth-order valence-electron chi connectivity index (χ4n) is 2.20. The third-order valence-electron chi connectivity index (χ3n) is 3.46. The van der Waals surface area contributed by atoms with E-state index in [1.807, 2.05) is 29.3 Å². The monoisotopic (exact) mass is 262 g/mol. The summed E-state index contributed by atoms with van der Waals surface area (Å²) in [7, 11) is 1.76. The van der Waals surface area contributed by atoms with Crippen LogP contribution in [-0.4, -0.2) is 35.6 Å². The van der Waals surface area contributed by atoms with Crippen LogP contribution in [0.3, 0.4) is 0 Å². The second-order valence-corrected chi connectivity index (χ2v) is 4.90. The van der Waals surface area contributed by atoms with Crippen molar-refractivity contribution in [1.29, 1.82) is 0 Å². The molecule has 1 aliphatic rings. The molecule has 1 aromatic rings. The maximum Gasteiger partial charge on any atom is 0.306 e. The molecule has 0 aliphatic carbocycles. The number of carbonyl (C=O) groups is 2. The Labute approximate surface area is 112 Å². The number of aliphatic carboxylic acids is 1. The highest BCUT2D eigenvalue weighted by atomic mass is 16.4. The van der Waals surface area contributed by atoms with E-state index in [0.29, 0.717) is 19.4 Å². The van der Waals surface area contributed by atoms with E-state index in [0.717, 1.165) is 11.3 Å². The molecule has 1 aliphatic heterocycles. The topological polar surface area (TPSA) is 60.9 Å². The van der Waals surface area contributed by atoms with E-state index in [9.17, 15) is 9.59 Å². The van der Waals surface area contributed by atoms with Crippen molar-refractivity contribution in [3.05, 3.63) is 29.8 Å². The van der Waals surface area contributed by atoms with E-state index < -0.39 is 5.97 Å². The van der Waals surface area contributed by atoms with E-state index in [2.05, 4.69) is 0 Å². The van der Waals surface area contributed by atoms with Crippen LogP contribution >= 0.6 is 0 Å². The number of hydrazine groups is 1. The van der Waals surface area contributed by atoms with Crippen LogP contribution in [0.5, 0.6) is 0 Å². The third kappa shape index (κ3) is 2.86. The first-order valence-corrected chi connectivity index (χ1v) is 6.35. The van der Waals surface area contributed by atoms with Gasteiger partial charge >= 0.3 is 5.97 Å². The first-order chi connectivity index (χ1) is 8.99. The standard InChI is InChI=1S/C14H18N2O3/c1-10(14(18)19)9-11-3-5-12(6-4-11)16-8-7-13(17)15(16)2/h3-6,10H,7-9H2,1-2H3,(H,18,19). The molecule has 1 unspecified atom stereocenters. The van der Waals surface area contributed by atoms with Crippen LogP contribution in [0.1, 0.15) is 18.9 Å². The Balaban J connectivity index is 2.06. The predicted octanol–water partition coefficient (Wildman–Crippen LogP) is 1.53. The number of hydrogen-bond acceptors (Lipinski definition) is 3. The fraction of sp³-hybridized carbons (Fsp3) is 0.429. The Hall–Kier alpha value is -2.04. The number of amides is 1. The van der Waals surface area contributed by atoms with Crippen molar-refractivity contribution < 1.29 is 14.7 Å². The second-order valence-electron chi connectivity index (χ2n) is 4.90. The highest BCUT2D eigenvalue weighted by molar-refractivity contribution is 5.81. The summed E-state index contributed by atoms with van der Waals surface area (Å²) in [5.41, 5.74) is 1.95. The van der Waals surface area contributed by atoms with Gasteiger partial charge in [0.05, 0.1) is 11.6 Å². The largest absolute Gasteiger partial charge is 0.481 e. The van der Waals surface area contributed by atoms with Crippen LogP contribution < -0.4 is 5.01 Å². The third-order valence-corrected chi connectivity index (χ3v) is 3.46. The molecule has 0 spiro atoms. The van der Waals surface area contributed by atoms with Gasteiger partial charge in [-0.2, -0.15) is 0 Å². The zero-order chi connectivity index (χ0) is 14.0. The predicted molar refractivity (Wildman–Crippen MR) is 71.7 cm³/mol. The average Bonchev–Trinajstić information content (AvgIpc) is 2.71. The Bertz CT molecular complexity index is 484. The molecule has 0 bridgehead atoms. The number of carboxylic acids is 1. The smallest absolute Gasteiger partial charge is 0.306 e. The number of anilines is 1. The van der Waals surface area contributed by atoms with Gasteiger partial charge < -0.3 is 5.11 Å². The van der Waals surface area contributed by atoms with Crippen molar-refractivity contribution in [3.63, 3.8) is 0 Å². The van der Waals surface area contributed by atoms with Crippen molar-refractivity contribution in [3.8, 4) is 0 Å². The SMILES string of the molecule is CC(Cc1ccc(N2CCC(=O)N2C)cc1)C(=O)O. The van der Waals surface area contributed by atoms with Crippen LogP contribution in [0.25, 0.3) is 0 Å². The zero-order valence-corrected chi connectivity index (χ0v) is 11.2. The van der Waals surface area contributed by atoms with Gasteiger partial charge in [0.25, 0.3) is 0 Å². The highest BCUT2D eigenvalue weighted by Gasteiger charge is 2.25. The molecular formula is C14H18N2O3. The van der Waals surface area contributed by atoms with Gasteiger partial charge in [0.15, 0.2) is 0 Å². The Morgan fingerprint density at radius 2 is 2.00 bits per heavy atom. The summed E-state index contributed by atoms with van der Waals surface area (Å²) in [6, 6.07) is 7.70. The van der Waals surface area contributed by atoms with Gasteiger partial charge in [-0.15, -0.1) is 0 Å². The molecule has 102 valence electrons. The number of carbonyl (C=O) groups excluding carboxylic acids is 1. The van der Waals surface area contributed by atoms with E-state index in [-0.39, 0.29) is 11.8 Å². The first kappa shape index (κ1) is 13.4. The molecule has 1 amide bonds. The molecule has 5 heteroatoms. The number of nitrogens with zero attached hydrogens (tertiary/aromatic N) is 2. The van der Waals surface area contributed by atoms with Gasteiger partial charge in [-0.3, -0.25) is 19.6 Å². The van der Waals surface area contributed by atoms with Crippen molar-refractivity contribution in [2.45, 2.75) is 19.8 Å². The van der Waals surface area contributed by atoms with Gasteiger partial charge in [0.2, 0.25) is 5.91 Å². The number of carboxylic acid groups (broad SMARTS) is 1. The number of rotatable bonds is 4. The summed E-state index contributed by atoms with van der Waals surface area (Å²) in [4.78, 5) is 22.3. The summed E-state index contributed by atoms with van der Waals surface area (Å²) in [6.07, 6.45) is 1.05. The molecule has 1 heterocycles.